The third kappa shape index (κ3) is 3.03. The Hall–Kier alpha value is -2.44. The summed E-state index contributed by atoms with van der Waals surface area (Å²) in [4.78, 5) is 22.4. The lowest BCUT2D eigenvalue weighted by Crippen LogP contribution is -2.33. The second-order valence-electron chi connectivity index (χ2n) is 3.44. The Balaban J connectivity index is 3.06. The van der Waals surface area contributed by atoms with E-state index in [0.29, 0.717) is 11.5 Å². The number of benzene rings is 1. The number of ether oxygens (including phenoxy) is 2. The van der Waals surface area contributed by atoms with Gasteiger partial charge in [-0.05, 0) is 6.07 Å². The maximum absolute atomic E-state index is 11.8. The zero-order chi connectivity index (χ0) is 13.7. The molecule has 0 atom stereocenters. The van der Waals surface area contributed by atoms with Crippen LogP contribution in [0.1, 0.15) is 10.4 Å². The zero-order valence-electron chi connectivity index (χ0n) is 10.1. The third-order valence-electron chi connectivity index (χ3n) is 2.24. The summed E-state index contributed by atoms with van der Waals surface area (Å²) < 4.78 is 10.0. The molecule has 0 fully saturated rings. The summed E-state index contributed by atoms with van der Waals surface area (Å²) in [7, 11) is 2.88. The van der Waals surface area contributed by atoms with Crippen LogP contribution in [0.3, 0.4) is 0 Å². The maximum atomic E-state index is 11.8. The number of nitrogen functional groups attached to an aromatic ring is 1. The number of methoxy groups -OCH3 is 2. The van der Waals surface area contributed by atoms with Crippen LogP contribution in [0.5, 0.6) is 11.5 Å². The van der Waals surface area contributed by atoms with Crippen molar-refractivity contribution in [2.75, 3.05) is 26.5 Å². The standard InChI is InChI=1S/C11H15N3O4/c1-17-6-3-7(10(13)8(4-6)18-2)11(16)14-5-9(12)15/h3-4H,5,13H2,1-2H3,(H2,12,15)(H,14,16). The molecule has 0 unspecified atom stereocenters. The van der Waals surface area contributed by atoms with Crippen molar-refractivity contribution in [1.29, 1.82) is 0 Å². The first kappa shape index (κ1) is 13.6. The molecule has 2 amide bonds. The van der Waals surface area contributed by atoms with E-state index in [0.717, 1.165) is 0 Å². The summed E-state index contributed by atoms with van der Waals surface area (Å²) in [5.41, 5.74) is 11.0. The molecule has 1 aromatic rings. The Kier molecular flexibility index (Phi) is 4.36. The van der Waals surface area contributed by atoms with Crippen molar-refractivity contribution >= 4 is 17.5 Å². The molecule has 0 aromatic heterocycles. The first-order valence-corrected chi connectivity index (χ1v) is 5.07. The van der Waals surface area contributed by atoms with E-state index in [1.54, 1.807) is 6.07 Å². The number of carbonyl (C=O) groups excluding carboxylic acids is 2. The van der Waals surface area contributed by atoms with Gasteiger partial charge in [-0.25, -0.2) is 0 Å². The van der Waals surface area contributed by atoms with Crippen LogP contribution in [0.2, 0.25) is 0 Å². The maximum Gasteiger partial charge on any atom is 0.254 e. The summed E-state index contributed by atoms with van der Waals surface area (Å²) >= 11 is 0. The lowest BCUT2D eigenvalue weighted by atomic mass is 10.1. The van der Waals surface area contributed by atoms with Gasteiger partial charge in [0.25, 0.3) is 5.91 Å². The van der Waals surface area contributed by atoms with Crippen molar-refractivity contribution in [2.24, 2.45) is 5.73 Å². The summed E-state index contributed by atoms with van der Waals surface area (Å²) in [6.45, 7) is -0.266. The van der Waals surface area contributed by atoms with Gasteiger partial charge in [0.15, 0.2) is 0 Å². The molecular weight excluding hydrogens is 238 g/mol. The van der Waals surface area contributed by atoms with Crippen LogP contribution in [-0.2, 0) is 4.79 Å². The van der Waals surface area contributed by atoms with Gasteiger partial charge in [0.2, 0.25) is 5.91 Å². The Bertz CT molecular complexity index is 474. The highest BCUT2D eigenvalue weighted by molar-refractivity contribution is 6.02. The smallest absolute Gasteiger partial charge is 0.254 e. The SMILES string of the molecule is COc1cc(OC)c(N)c(C(=O)NCC(N)=O)c1. The minimum Gasteiger partial charge on any atom is -0.497 e. The minimum atomic E-state index is -0.642. The summed E-state index contributed by atoms with van der Waals surface area (Å²) in [6, 6.07) is 3.01. The van der Waals surface area contributed by atoms with Gasteiger partial charge in [-0.15, -0.1) is 0 Å². The van der Waals surface area contributed by atoms with Gasteiger partial charge >= 0.3 is 0 Å². The molecule has 0 aliphatic rings. The predicted molar refractivity (Wildman–Crippen MR) is 65.5 cm³/mol. The first-order valence-electron chi connectivity index (χ1n) is 5.07. The molecule has 0 aliphatic heterocycles. The van der Waals surface area contributed by atoms with E-state index in [4.69, 9.17) is 20.9 Å². The van der Waals surface area contributed by atoms with E-state index in [1.165, 1.54) is 20.3 Å². The number of carbonyl (C=O) groups is 2. The monoisotopic (exact) mass is 253 g/mol. The molecule has 0 radical (unpaired) electrons. The van der Waals surface area contributed by atoms with Crippen LogP contribution in [0, 0.1) is 0 Å². The number of nitrogens with one attached hydrogen (secondary N) is 1. The highest BCUT2D eigenvalue weighted by Gasteiger charge is 2.16. The second kappa shape index (κ2) is 5.76. The largest absolute Gasteiger partial charge is 0.497 e. The minimum absolute atomic E-state index is 0.160. The summed E-state index contributed by atoms with van der Waals surface area (Å²) in [5, 5.41) is 2.34. The number of hydrogen-bond acceptors (Lipinski definition) is 5. The number of hydrogen-bond donors (Lipinski definition) is 3. The van der Waals surface area contributed by atoms with Crippen LogP contribution in [-0.4, -0.2) is 32.6 Å². The van der Waals surface area contributed by atoms with E-state index < -0.39 is 11.8 Å². The topological polar surface area (TPSA) is 117 Å². The molecule has 98 valence electrons. The molecule has 7 nitrogen and oxygen atoms in total. The Morgan fingerprint density at radius 3 is 2.44 bits per heavy atom. The van der Waals surface area contributed by atoms with Crippen molar-refractivity contribution in [2.45, 2.75) is 0 Å². The summed E-state index contributed by atoms with van der Waals surface area (Å²) in [6.07, 6.45) is 0. The van der Waals surface area contributed by atoms with Crippen molar-refractivity contribution in [3.63, 3.8) is 0 Å². The second-order valence-corrected chi connectivity index (χ2v) is 3.44. The number of amides is 2. The average molecular weight is 253 g/mol. The molecule has 0 bridgehead atoms. The van der Waals surface area contributed by atoms with Gasteiger partial charge in [-0.1, -0.05) is 0 Å². The van der Waals surface area contributed by atoms with Crippen molar-refractivity contribution in [3.8, 4) is 11.5 Å². The molecule has 1 rings (SSSR count). The van der Waals surface area contributed by atoms with E-state index in [-0.39, 0.29) is 17.8 Å². The molecule has 5 N–H and O–H groups in total. The van der Waals surface area contributed by atoms with Gasteiger partial charge in [0.1, 0.15) is 11.5 Å². The van der Waals surface area contributed by atoms with Crippen LogP contribution in [0.4, 0.5) is 5.69 Å². The number of anilines is 1. The van der Waals surface area contributed by atoms with Gasteiger partial charge in [0.05, 0.1) is 32.0 Å². The molecule has 0 aliphatic carbocycles. The molecule has 0 heterocycles. The first-order chi connectivity index (χ1) is 8.49. The Morgan fingerprint density at radius 2 is 1.94 bits per heavy atom. The molecule has 1 aromatic carbocycles. The summed E-state index contributed by atoms with van der Waals surface area (Å²) in [5.74, 6) is -0.427. The van der Waals surface area contributed by atoms with E-state index >= 15 is 0 Å². The highest BCUT2D eigenvalue weighted by Crippen LogP contribution is 2.30. The third-order valence-corrected chi connectivity index (χ3v) is 2.24. The van der Waals surface area contributed by atoms with Gasteiger partial charge in [0, 0.05) is 6.07 Å². The zero-order valence-corrected chi connectivity index (χ0v) is 10.1. The molecule has 7 heteroatoms. The fourth-order valence-electron chi connectivity index (χ4n) is 1.34. The van der Waals surface area contributed by atoms with Crippen molar-refractivity contribution < 1.29 is 19.1 Å². The van der Waals surface area contributed by atoms with Gasteiger partial charge in [-0.3, -0.25) is 9.59 Å². The van der Waals surface area contributed by atoms with Crippen molar-refractivity contribution in [3.05, 3.63) is 17.7 Å². The van der Waals surface area contributed by atoms with Gasteiger partial charge < -0.3 is 26.3 Å². The lowest BCUT2D eigenvalue weighted by molar-refractivity contribution is -0.117. The average Bonchev–Trinajstić information content (AvgIpc) is 2.36. The van der Waals surface area contributed by atoms with E-state index in [2.05, 4.69) is 5.32 Å². The molecule has 0 saturated carbocycles. The normalized spacial score (nSPS) is 9.67. The van der Waals surface area contributed by atoms with Crippen LogP contribution in [0.25, 0.3) is 0 Å². The van der Waals surface area contributed by atoms with Crippen LogP contribution < -0.4 is 26.3 Å². The van der Waals surface area contributed by atoms with Crippen LogP contribution >= 0.6 is 0 Å². The Morgan fingerprint density at radius 1 is 1.28 bits per heavy atom. The fourth-order valence-corrected chi connectivity index (χ4v) is 1.34. The number of primary amides is 1. The lowest BCUT2D eigenvalue weighted by Gasteiger charge is -2.12. The molecule has 18 heavy (non-hydrogen) atoms. The van der Waals surface area contributed by atoms with E-state index in [1.807, 2.05) is 0 Å². The molecular formula is C11H15N3O4. The molecule has 0 spiro atoms. The molecule has 0 saturated heterocycles. The van der Waals surface area contributed by atoms with Crippen molar-refractivity contribution in [1.82, 2.24) is 5.32 Å². The van der Waals surface area contributed by atoms with Gasteiger partial charge in [-0.2, -0.15) is 0 Å². The fraction of sp³-hybridized carbons (Fsp3) is 0.273. The quantitative estimate of drug-likeness (QED) is 0.612. The highest BCUT2D eigenvalue weighted by atomic mass is 16.5. The predicted octanol–water partition coefficient (Wildman–Crippen LogP) is -0.499. The Labute approximate surface area is 104 Å². The van der Waals surface area contributed by atoms with E-state index in [9.17, 15) is 9.59 Å². The number of nitrogens with two attached hydrogens (primary N) is 2. The number of rotatable bonds is 5. The van der Waals surface area contributed by atoms with Crippen LogP contribution in [0.15, 0.2) is 12.1 Å².